The van der Waals surface area contributed by atoms with Crippen LogP contribution in [0.5, 0.6) is 0 Å². The normalized spacial score (nSPS) is 15.9. The van der Waals surface area contributed by atoms with Crippen LogP contribution >= 0.6 is 0 Å². The van der Waals surface area contributed by atoms with Gasteiger partial charge in [0.15, 0.2) is 0 Å². The number of nitrogens with zero attached hydrogens (tertiary/aromatic N) is 2. The number of pyridine rings is 1. The fourth-order valence-electron chi connectivity index (χ4n) is 4.84. The number of nitrogen functional groups attached to an aromatic ring is 1. The molecule has 2 aromatic rings. The molecule has 166 valence electrons. The highest BCUT2D eigenvalue weighted by molar-refractivity contribution is 5.95. The van der Waals surface area contributed by atoms with Crippen LogP contribution in [0.4, 0.5) is 10.5 Å². The Morgan fingerprint density at radius 1 is 1.20 bits per heavy atom. The van der Waals surface area contributed by atoms with E-state index in [1.165, 1.54) is 48.2 Å². The number of nitrogens with one attached hydrogen (secondary N) is 1. The topological polar surface area (TPSA) is 82.2 Å². The van der Waals surface area contributed by atoms with Crippen LogP contribution in [-0.2, 0) is 17.6 Å². The molecular formula is C24H38N4O2. The van der Waals surface area contributed by atoms with Crippen LogP contribution in [-0.4, -0.2) is 29.3 Å². The van der Waals surface area contributed by atoms with Crippen molar-refractivity contribution in [2.45, 2.75) is 85.6 Å². The van der Waals surface area contributed by atoms with Gasteiger partial charge in [-0.15, -0.1) is 0 Å². The van der Waals surface area contributed by atoms with E-state index in [0.29, 0.717) is 6.61 Å². The van der Waals surface area contributed by atoms with Gasteiger partial charge in [0.2, 0.25) is 0 Å². The van der Waals surface area contributed by atoms with Gasteiger partial charge in [0.1, 0.15) is 5.65 Å². The van der Waals surface area contributed by atoms with E-state index >= 15 is 0 Å². The molecule has 0 aliphatic heterocycles. The molecule has 3 N–H and O–H groups in total. The number of hydrogen-bond acceptors (Lipinski definition) is 4. The van der Waals surface area contributed by atoms with Gasteiger partial charge in [-0.3, -0.25) is 0 Å². The number of nitrogens with two attached hydrogens (primary N) is 1. The quantitative estimate of drug-likeness (QED) is 0.718. The van der Waals surface area contributed by atoms with Gasteiger partial charge in [0.25, 0.3) is 0 Å². The first-order valence-corrected chi connectivity index (χ1v) is 11.3. The first-order chi connectivity index (χ1) is 14.2. The summed E-state index contributed by atoms with van der Waals surface area (Å²) in [4.78, 5) is 16.8. The average molecular weight is 415 g/mol. The Morgan fingerprint density at radius 2 is 1.87 bits per heavy atom. The lowest BCUT2D eigenvalue weighted by Gasteiger charge is -2.33. The molecule has 1 aliphatic rings. The van der Waals surface area contributed by atoms with Crippen molar-refractivity contribution < 1.29 is 9.53 Å². The number of rotatable bonds is 4. The van der Waals surface area contributed by atoms with Gasteiger partial charge in [-0.05, 0) is 56.1 Å². The van der Waals surface area contributed by atoms with E-state index in [1.54, 1.807) is 7.05 Å². The summed E-state index contributed by atoms with van der Waals surface area (Å²) in [5.74, 6) is 0. The molecule has 1 unspecified atom stereocenters. The van der Waals surface area contributed by atoms with E-state index in [9.17, 15) is 4.79 Å². The largest absolute Gasteiger partial charge is 0.449 e. The molecule has 0 bridgehead atoms. The summed E-state index contributed by atoms with van der Waals surface area (Å²) in [6, 6.07) is 0.136. The summed E-state index contributed by atoms with van der Waals surface area (Å²) in [7, 11) is 1.58. The zero-order chi connectivity index (χ0) is 22.1. The summed E-state index contributed by atoms with van der Waals surface area (Å²) in [5.41, 5.74) is 13.5. The second kappa shape index (κ2) is 8.86. The van der Waals surface area contributed by atoms with Crippen LogP contribution in [0.15, 0.2) is 0 Å². The minimum atomic E-state index is -0.392. The first kappa shape index (κ1) is 22.4. The molecule has 1 aliphatic carbocycles. The van der Waals surface area contributed by atoms with E-state index in [1.807, 2.05) is 0 Å². The van der Waals surface area contributed by atoms with Crippen molar-refractivity contribution in [1.82, 2.24) is 14.9 Å². The van der Waals surface area contributed by atoms with Crippen LogP contribution in [0.1, 0.15) is 81.4 Å². The van der Waals surface area contributed by atoms with Crippen LogP contribution in [0, 0.1) is 19.3 Å². The molecule has 0 saturated heterocycles. The van der Waals surface area contributed by atoms with E-state index in [0.717, 1.165) is 36.0 Å². The SMILES string of the molecule is CNC(=O)OCCC(n1c(C)c(C)c2c(N)c3c(nc21)CCCCCC3)C(C)(C)C. The molecule has 2 heterocycles. The maximum absolute atomic E-state index is 11.6. The van der Waals surface area contributed by atoms with Crippen molar-refractivity contribution in [1.29, 1.82) is 0 Å². The highest BCUT2D eigenvalue weighted by atomic mass is 16.5. The second-order valence-corrected chi connectivity index (χ2v) is 9.70. The maximum atomic E-state index is 11.6. The van der Waals surface area contributed by atoms with Gasteiger partial charge in [0, 0.05) is 42.0 Å². The van der Waals surface area contributed by atoms with Gasteiger partial charge >= 0.3 is 6.09 Å². The van der Waals surface area contributed by atoms with Crippen molar-refractivity contribution in [3.63, 3.8) is 0 Å². The van der Waals surface area contributed by atoms with Crippen molar-refractivity contribution in [3.05, 3.63) is 22.5 Å². The number of aromatic nitrogens is 2. The molecule has 6 nitrogen and oxygen atoms in total. The predicted octanol–water partition coefficient (Wildman–Crippen LogP) is 5.23. The third-order valence-corrected chi connectivity index (χ3v) is 6.64. The number of ether oxygens (including phenoxy) is 1. The van der Waals surface area contributed by atoms with Gasteiger partial charge in [-0.1, -0.05) is 33.6 Å². The number of anilines is 1. The summed E-state index contributed by atoms with van der Waals surface area (Å²) in [5, 5.41) is 3.62. The molecular weight excluding hydrogens is 376 g/mol. The summed E-state index contributed by atoms with van der Waals surface area (Å²) in [6.45, 7) is 11.4. The standard InChI is InChI=1S/C24H38N4O2/c1-15-16(2)28(19(24(3,4)5)13-14-30-23(29)26-6)22-20(15)21(25)17-11-9-7-8-10-12-18(17)27-22/h19H,7-14H2,1-6H3,(H2,25,27)(H,26,29). The fourth-order valence-corrected chi connectivity index (χ4v) is 4.84. The van der Waals surface area contributed by atoms with Gasteiger partial charge in [-0.2, -0.15) is 0 Å². The average Bonchev–Trinajstić information content (AvgIpc) is 2.90. The third-order valence-electron chi connectivity index (χ3n) is 6.64. The Labute approximate surface area is 180 Å². The lowest BCUT2D eigenvalue weighted by molar-refractivity contribution is 0.125. The molecule has 3 rings (SSSR count). The van der Waals surface area contributed by atoms with Gasteiger partial charge in [0.05, 0.1) is 6.61 Å². The van der Waals surface area contributed by atoms with Crippen molar-refractivity contribution in [3.8, 4) is 0 Å². The molecule has 0 saturated carbocycles. The Bertz CT molecular complexity index is 924. The summed E-state index contributed by atoms with van der Waals surface area (Å²) in [6.07, 6.45) is 7.25. The Morgan fingerprint density at radius 3 is 2.50 bits per heavy atom. The Balaban J connectivity index is 2.13. The highest BCUT2D eigenvalue weighted by Gasteiger charge is 2.31. The van der Waals surface area contributed by atoms with Crippen molar-refractivity contribution >= 4 is 22.8 Å². The number of hydrogen-bond donors (Lipinski definition) is 2. The number of carbonyl (C=O) groups excluding carboxylic acids is 1. The van der Waals surface area contributed by atoms with E-state index < -0.39 is 6.09 Å². The third kappa shape index (κ3) is 4.28. The molecule has 0 fully saturated rings. The smallest absolute Gasteiger partial charge is 0.406 e. The minimum Gasteiger partial charge on any atom is -0.449 e. The molecule has 1 atom stereocenters. The number of aryl methyl sites for hydroxylation is 2. The molecule has 0 spiro atoms. The lowest BCUT2D eigenvalue weighted by Crippen LogP contribution is -2.28. The van der Waals surface area contributed by atoms with Crippen LogP contribution in [0.2, 0.25) is 0 Å². The Kier molecular flexibility index (Phi) is 6.63. The predicted molar refractivity (Wildman–Crippen MR) is 123 cm³/mol. The minimum absolute atomic E-state index is 0.0318. The number of alkyl carbamates (subject to hydrolysis) is 1. The molecule has 2 aromatic heterocycles. The monoisotopic (exact) mass is 414 g/mol. The number of carbonyl (C=O) groups is 1. The zero-order valence-corrected chi connectivity index (χ0v) is 19.5. The first-order valence-electron chi connectivity index (χ1n) is 11.3. The van der Waals surface area contributed by atoms with Crippen molar-refractivity contribution in [2.75, 3.05) is 19.4 Å². The van der Waals surface area contributed by atoms with Crippen LogP contribution in [0.25, 0.3) is 11.0 Å². The summed E-state index contributed by atoms with van der Waals surface area (Å²) >= 11 is 0. The maximum Gasteiger partial charge on any atom is 0.406 e. The molecule has 1 amide bonds. The number of fused-ring (bicyclic) bond motifs is 2. The molecule has 0 radical (unpaired) electrons. The zero-order valence-electron chi connectivity index (χ0n) is 19.5. The second-order valence-electron chi connectivity index (χ2n) is 9.70. The van der Waals surface area contributed by atoms with Crippen LogP contribution in [0.3, 0.4) is 0 Å². The lowest BCUT2D eigenvalue weighted by atomic mass is 9.84. The van der Waals surface area contributed by atoms with Gasteiger partial charge < -0.3 is 20.4 Å². The fraction of sp³-hybridized carbons (Fsp3) is 0.667. The molecule has 0 aromatic carbocycles. The van der Waals surface area contributed by atoms with Crippen molar-refractivity contribution in [2.24, 2.45) is 5.41 Å². The van der Waals surface area contributed by atoms with E-state index in [2.05, 4.69) is 44.5 Å². The van der Waals surface area contributed by atoms with Gasteiger partial charge in [-0.25, -0.2) is 9.78 Å². The summed E-state index contributed by atoms with van der Waals surface area (Å²) < 4.78 is 7.69. The van der Waals surface area contributed by atoms with E-state index in [4.69, 9.17) is 15.5 Å². The van der Waals surface area contributed by atoms with E-state index in [-0.39, 0.29) is 11.5 Å². The van der Waals surface area contributed by atoms with Crippen LogP contribution < -0.4 is 11.1 Å². The molecule has 6 heteroatoms. The number of amides is 1. The Hall–Kier alpha value is -2.24. The molecule has 30 heavy (non-hydrogen) atoms. The highest BCUT2D eigenvalue weighted by Crippen LogP contribution is 2.41.